The first kappa shape index (κ1) is 21.6. The molecule has 2 aromatic rings. The molecule has 6 heteroatoms. The average Bonchev–Trinajstić information content (AvgIpc) is 2.65. The first-order valence-corrected chi connectivity index (χ1v) is 11.2. The van der Waals surface area contributed by atoms with E-state index in [0.29, 0.717) is 15.6 Å². The van der Waals surface area contributed by atoms with Crippen molar-refractivity contribution in [3.05, 3.63) is 74.6 Å². The SMILES string of the molecule is CCCC/C(OS(=O)(=O)c1ccc(C)cc1)=C(\I)C(=O)c1ccc(C)cc1. The summed E-state index contributed by atoms with van der Waals surface area (Å²) in [4.78, 5) is 12.9. The standard InChI is InChI=1S/C21H23IO4S/c1-4-5-6-19(20(22)21(23)17-11-7-15(2)8-12-17)26-27(24,25)18-13-9-16(3)10-14-18/h7-14H,4-6H2,1-3H3/b20-19+. The Hall–Kier alpha value is -1.67. The van der Waals surface area contributed by atoms with Gasteiger partial charge in [-0.2, -0.15) is 8.42 Å². The normalized spacial score (nSPS) is 12.4. The molecular weight excluding hydrogens is 475 g/mol. The molecule has 0 heterocycles. The fraction of sp³-hybridized carbons (Fsp3) is 0.286. The van der Waals surface area contributed by atoms with E-state index in [1.165, 1.54) is 12.1 Å². The lowest BCUT2D eigenvalue weighted by Gasteiger charge is -2.13. The van der Waals surface area contributed by atoms with Crippen LogP contribution in [0.15, 0.2) is 62.8 Å². The Kier molecular flexibility index (Phi) is 7.61. The van der Waals surface area contributed by atoms with Crippen LogP contribution in [0.5, 0.6) is 0 Å². The van der Waals surface area contributed by atoms with Crippen molar-refractivity contribution < 1.29 is 17.4 Å². The predicted octanol–water partition coefficient (Wildman–Crippen LogP) is 5.73. The monoisotopic (exact) mass is 498 g/mol. The number of rotatable bonds is 8. The van der Waals surface area contributed by atoms with Crippen LogP contribution >= 0.6 is 22.6 Å². The highest BCUT2D eigenvalue weighted by Gasteiger charge is 2.23. The van der Waals surface area contributed by atoms with Gasteiger partial charge in [0.05, 0.1) is 0 Å². The van der Waals surface area contributed by atoms with Gasteiger partial charge in [-0.15, -0.1) is 0 Å². The van der Waals surface area contributed by atoms with Gasteiger partial charge in [0.1, 0.15) is 14.2 Å². The number of allylic oxidation sites excluding steroid dienone is 2. The molecule has 27 heavy (non-hydrogen) atoms. The summed E-state index contributed by atoms with van der Waals surface area (Å²) < 4.78 is 31.0. The molecule has 0 aliphatic carbocycles. The summed E-state index contributed by atoms with van der Waals surface area (Å²) in [6.45, 7) is 5.83. The van der Waals surface area contributed by atoms with Gasteiger partial charge < -0.3 is 4.18 Å². The van der Waals surface area contributed by atoms with E-state index in [0.717, 1.165) is 24.0 Å². The number of halogens is 1. The number of unbranched alkanes of at least 4 members (excludes halogenated alkanes) is 1. The van der Waals surface area contributed by atoms with Crippen LogP contribution in [-0.4, -0.2) is 14.2 Å². The summed E-state index contributed by atoms with van der Waals surface area (Å²) in [5.74, 6) is -0.0376. The summed E-state index contributed by atoms with van der Waals surface area (Å²) in [6.07, 6.45) is 1.98. The Labute approximate surface area is 174 Å². The van der Waals surface area contributed by atoms with Gasteiger partial charge in [0.15, 0.2) is 0 Å². The van der Waals surface area contributed by atoms with Gasteiger partial charge in [-0.1, -0.05) is 60.9 Å². The van der Waals surface area contributed by atoms with E-state index in [9.17, 15) is 13.2 Å². The number of carbonyl (C=O) groups is 1. The Morgan fingerprint density at radius 1 is 0.963 bits per heavy atom. The maximum Gasteiger partial charge on any atom is 0.338 e. The summed E-state index contributed by atoms with van der Waals surface area (Å²) >= 11 is 1.89. The Morgan fingerprint density at radius 2 is 1.48 bits per heavy atom. The fourth-order valence-corrected chi connectivity index (χ4v) is 4.21. The molecule has 0 saturated heterocycles. The number of benzene rings is 2. The highest BCUT2D eigenvalue weighted by atomic mass is 127. The van der Waals surface area contributed by atoms with Crippen LogP contribution in [-0.2, 0) is 14.3 Å². The van der Waals surface area contributed by atoms with Crippen molar-refractivity contribution in [3.8, 4) is 0 Å². The zero-order valence-electron chi connectivity index (χ0n) is 15.7. The molecule has 2 aromatic carbocycles. The first-order valence-electron chi connectivity index (χ1n) is 8.75. The smallest absolute Gasteiger partial charge is 0.338 e. The fourth-order valence-electron chi connectivity index (χ4n) is 2.37. The second-order valence-corrected chi connectivity index (χ2v) is 9.01. The molecule has 0 unspecified atom stereocenters. The number of carbonyl (C=O) groups excluding carboxylic acids is 1. The van der Waals surface area contributed by atoms with Crippen molar-refractivity contribution in [2.24, 2.45) is 0 Å². The maximum atomic E-state index is 12.8. The van der Waals surface area contributed by atoms with Gasteiger partial charge in [0.2, 0.25) is 5.78 Å². The average molecular weight is 498 g/mol. The molecule has 0 bridgehead atoms. The van der Waals surface area contributed by atoms with Crippen molar-refractivity contribution in [1.29, 1.82) is 0 Å². The van der Waals surface area contributed by atoms with Crippen LogP contribution < -0.4 is 0 Å². The molecule has 0 N–H and O–H groups in total. The number of hydrogen-bond acceptors (Lipinski definition) is 4. The predicted molar refractivity (Wildman–Crippen MR) is 116 cm³/mol. The van der Waals surface area contributed by atoms with Gasteiger partial charge in [0.25, 0.3) is 0 Å². The Balaban J connectivity index is 2.37. The van der Waals surface area contributed by atoms with Gasteiger partial charge in [-0.3, -0.25) is 4.79 Å². The lowest BCUT2D eigenvalue weighted by Crippen LogP contribution is -2.10. The van der Waals surface area contributed by atoms with Crippen LogP contribution in [0.4, 0.5) is 0 Å². The van der Waals surface area contributed by atoms with Crippen LogP contribution in [0.3, 0.4) is 0 Å². The van der Waals surface area contributed by atoms with Gasteiger partial charge in [-0.25, -0.2) is 0 Å². The van der Waals surface area contributed by atoms with E-state index in [2.05, 4.69) is 0 Å². The Morgan fingerprint density at radius 3 is 2.00 bits per heavy atom. The number of Topliss-reactive ketones (excluding diaryl/α,β-unsaturated/α-hetero) is 1. The van der Waals surface area contributed by atoms with Crippen LogP contribution in [0, 0.1) is 13.8 Å². The number of ketones is 1. The molecule has 0 atom stereocenters. The Bertz CT molecular complexity index is 927. The largest absolute Gasteiger partial charge is 0.382 e. The molecule has 144 valence electrons. The minimum atomic E-state index is -3.99. The van der Waals surface area contributed by atoms with E-state index in [-0.39, 0.29) is 16.4 Å². The second kappa shape index (κ2) is 9.50. The summed E-state index contributed by atoms with van der Waals surface area (Å²) in [5.41, 5.74) is 2.52. The zero-order valence-corrected chi connectivity index (χ0v) is 18.6. The highest BCUT2D eigenvalue weighted by molar-refractivity contribution is 14.1. The summed E-state index contributed by atoms with van der Waals surface area (Å²) in [5, 5.41) is 0. The third-order valence-corrected chi connectivity index (χ3v) is 6.40. The maximum absolute atomic E-state index is 12.8. The van der Waals surface area contributed by atoms with Gasteiger partial charge >= 0.3 is 10.1 Å². The molecule has 0 radical (unpaired) electrons. The molecule has 0 aromatic heterocycles. The van der Waals surface area contributed by atoms with Gasteiger partial charge in [0, 0.05) is 12.0 Å². The topological polar surface area (TPSA) is 60.4 Å². The van der Waals surface area contributed by atoms with Crippen molar-refractivity contribution >= 4 is 38.5 Å². The quantitative estimate of drug-likeness (QED) is 0.153. The van der Waals surface area contributed by atoms with E-state index in [1.807, 2.05) is 55.5 Å². The third kappa shape index (κ3) is 5.90. The summed E-state index contributed by atoms with van der Waals surface area (Å²) in [6, 6.07) is 13.6. The first-order chi connectivity index (χ1) is 12.7. The summed E-state index contributed by atoms with van der Waals surface area (Å²) in [7, 11) is -3.99. The van der Waals surface area contributed by atoms with Gasteiger partial charge in [-0.05, 0) is 55.0 Å². The third-order valence-electron chi connectivity index (χ3n) is 4.04. The molecule has 0 aliphatic rings. The van der Waals surface area contributed by atoms with Crippen molar-refractivity contribution in [1.82, 2.24) is 0 Å². The molecule has 4 nitrogen and oxygen atoms in total. The van der Waals surface area contributed by atoms with Crippen molar-refractivity contribution in [2.45, 2.75) is 44.9 Å². The minimum absolute atomic E-state index is 0.0779. The molecule has 0 spiro atoms. The molecular formula is C21H23IO4S. The van der Waals surface area contributed by atoms with Crippen molar-refractivity contribution in [3.63, 3.8) is 0 Å². The second-order valence-electron chi connectivity index (χ2n) is 6.39. The molecule has 2 rings (SSSR count). The number of hydrogen-bond donors (Lipinski definition) is 0. The molecule has 0 amide bonds. The van der Waals surface area contributed by atoms with Crippen LogP contribution in [0.25, 0.3) is 0 Å². The van der Waals surface area contributed by atoms with E-state index in [4.69, 9.17) is 4.18 Å². The minimum Gasteiger partial charge on any atom is -0.382 e. The van der Waals surface area contributed by atoms with E-state index < -0.39 is 10.1 Å². The molecule has 0 fully saturated rings. The zero-order chi connectivity index (χ0) is 20.0. The molecule has 0 saturated carbocycles. The van der Waals surface area contributed by atoms with Crippen LogP contribution in [0.1, 0.15) is 47.7 Å². The van der Waals surface area contributed by atoms with Crippen LogP contribution in [0.2, 0.25) is 0 Å². The van der Waals surface area contributed by atoms with E-state index in [1.54, 1.807) is 24.3 Å². The van der Waals surface area contributed by atoms with E-state index >= 15 is 0 Å². The highest BCUT2D eigenvalue weighted by Crippen LogP contribution is 2.27. The number of aryl methyl sites for hydroxylation is 2. The lowest BCUT2D eigenvalue weighted by atomic mass is 10.1. The van der Waals surface area contributed by atoms with Crippen molar-refractivity contribution in [2.75, 3.05) is 0 Å². The lowest BCUT2D eigenvalue weighted by molar-refractivity contribution is 0.104. The molecule has 0 aliphatic heterocycles.